The normalized spacial score (nSPS) is 17.3. The van der Waals surface area contributed by atoms with Crippen molar-refractivity contribution in [2.24, 2.45) is 0 Å². The number of para-hydroxylation sites is 1. The SMILES string of the molecule is C[C@H](OC(=O)c1ccc(F)cc1)C(=O)N1c2ccccc2C[C@@H]1C. The molecule has 1 amide bonds. The van der Waals surface area contributed by atoms with Gasteiger partial charge in [0, 0.05) is 11.7 Å². The molecule has 1 aliphatic heterocycles. The van der Waals surface area contributed by atoms with Crippen LogP contribution in [0, 0.1) is 5.82 Å². The van der Waals surface area contributed by atoms with Gasteiger partial charge in [0.2, 0.25) is 0 Å². The average molecular weight is 327 g/mol. The van der Waals surface area contributed by atoms with E-state index in [4.69, 9.17) is 4.74 Å². The van der Waals surface area contributed by atoms with Crippen molar-refractivity contribution in [3.8, 4) is 0 Å². The number of hydrogen-bond donors (Lipinski definition) is 0. The third kappa shape index (κ3) is 3.02. The third-order valence-corrected chi connectivity index (χ3v) is 4.16. The van der Waals surface area contributed by atoms with Crippen molar-refractivity contribution in [1.29, 1.82) is 0 Å². The van der Waals surface area contributed by atoms with Gasteiger partial charge in [0.1, 0.15) is 5.82 Å². The van der Waals surface area contributed by atoms with E-state index in [0.29, 0.717) is 0 Å². The largest absolute Gasteiger partial charge is 0.449 e. The molecule has 0 N–H and O–H groups in total. The van der Waals surface area contributed by atoms with Crippen molar-refractivity contribution in [1.82, 2.24) is 0 Å². The lowest BCUT2D eigenvalue weighted by Gasteiger charge is -2.25. The van der Waals surface area contributed by atoms with Crippen LogP contribution >= 0.6 is 0 Å². The predicted molar refractivity (Wildman–Crippen MR) is 88.4 cm³/mol. The van der Waals surface area contributed by atoms with Crippen LogP contribution in [0.3, 0.4) is 0 Å². The van der Waals surface area contributed by atoms with E-state index in [0.717, 1.165) is 17.7 Å². The smallest absolute Gasteiger partial charge is 0.338 e. The number of carbonyl (C=O) groups excluding carboxylic acids is 2. The maximum atomic E-state index is 12.9. The van der Waals surface area contributed by atoms with E-state index < -0.39 is 17.9 Å². The number of benzene rings is 2. The number of anilines is 1. The zero-order valence-electron chi connectivity index (χ0n) is 13.5. The highest BCUT2D eigenvalue weighted by Gasteiger charge is 2.34. The van der Waals surface area contributed by atoms with Gasteiger partial charge in [-0.25, -0.2) is 9.18 Å². The minimum absolute atomic E-state index is 0.0156. The van der Waals surface area contributed by atoms with Gasteiger partial charge in [-0.15, -0.1) is 0 Å². The Morgan fingerprint density at radius 3 is 2.54 bits per heavy atom. The molecule has 0 aromatic heterocycles. The van der Waals surface area contributed by atoms with Gasteiger partial charge in [0.25, 0.3) is 5.91 Å². The molecule has 1 aliphatic rings. The standard InChI is InChI=1S/C19H18FNO3/c1-12-11-15-5-3-4-6-17(15)21(12)18(22)13(2)24-19(23)14-7-9-16(20)10-8-14/h3-10,12-13H,11H2,1-2H3/t12-,13-/m0/s1. The Bertz CT molecular complexity index is 772. The van der Waals surface area contributed by atoms with Crippen molar-refractivity contribution in [2.45, 2.75) is 32.4 Å². The van der Waals surface area contributed by atoms with Crippen LogP contribution in [0.4, 0.5) is 10.1 Å². The first-order valence-corrected chi connectivity index (χ1v) is 7.85. The first kappa shape index (κ1) is 16.2. The number of rotatable bonds is 3. The number of ether oxygens (including phenoxy) is 1. The number of esters is 1. The molecule has 2 aromatic rings. The van der Waals surface area contributed by atoms with Crippen molar-refractivity contribution >= 4 is 17.6 Å². The molecule has 0 spiro atoms. The molecule has 0 fully saturated rings. The van der Waals surface area contributed by atoms with Gasteiger partial charge in [-0.3, -0.25) is 4.79 Å². The third-order valence-electron chi connectivity index (χ3n) is 4.16. The second kappa shape index (κ2) is 6.43. The Balaban J connectivity index is 1.73. The molecule has 5 heteroatoms. The number of hydrogen-bond acceptors (Lipinski definition) is 3. The molecule has 0 radical (unpaired) electrons. The molecular weight excluding hydrogens is 309 g/mol. The van der Waals surface area contributed by atoms with E-state index >= 15 is 0 Å². The number of fused-ring (bicyclic) bond motifs is 1. The van der Waals surface area contributed by atoms with Gasteiger partial charge in [-0.2, -0.15) is 0 Å². The highest BCUT2D eigenvalue weighted by molar-refractivity contribution is 6.00. The fraction of sp³-hybridized carbons (Fsp3) is 0.263. The Morgan fingerprint density at radius 1 is 1.17 bits per heavy atom. The van der Waals surface area contributed by atoms with Gasteiger partial charge in [-0.05, 0) is 56.2 Å². The molecule has 0 saturated carbocycles. The quantitative estimate of drug-likeness (QED) is 0.812. The molecule has 4 nitrogen and oxygen atoms in total. The van der Waals surface area contributed by atoms with Crippen LogP contribution in [0.5, 0.6) is 0 Å². The molecule has 0 bridgehead atoms. The van der Waals surface area contributed by atoms with Crippen LogP contribution in [0.25, 0.3) is 0 Å². The molecule has 0 unspecified atom stereocenters. The topological polar surface area (TPSA) is 46.6 Å². The highest BCUT2D eigenvalue weighted by Crippen LogP contribution is 2.32. The minimum atomic E-state index is -0.920. The highest BCUT2D eigenvalue weighted by atomic mass is 19.1. The van der Waals surface area contributed by atoms with Gasteiger partial charge in [0.05, 0.1) is 5.56 Å². The summed E-state index contributed by atoms with van der Waals surface area (Å²) in [5, 5.41) is 0. The fourth-order valence-electron chi connectivity index (χ4n) is 2.96. The second-order valence-corrected chi connectivity index (χ2v) is 5.94. The molecule has 0 saturated heterocycles. The summed E-state index contributed by atoms with van der Waals surface area (Å²) in [6.45, 7) is 3.52. The van der Waals surface area contributed by atoms with E-state index in [2.05, 4.69) is 0 Å². The number of halogens is 1. The lowest BCUT2D eigenvalue weighted by Crippen LogP contribution is -2.43. The number of nitrogens with zero attached hydrogens (tertiary/aromatic N) is 1. The minimum Gasteiger partial charge on any atom is -0.449 e. The zero-order valence-corrected chi connectivity index (χ0v) is 13.5. The van der Waals surface area contributed by atoms with Crippen LogP contribution in [-0.4, -0.2) is 24.0 Å². The summed E-state index contributed by atoms with van der Waals surface area (Å²) in [7, 11) is 0. The molecule has 3 rings (SSSR count). The van der Waals surface area contributed by atoms with E-state index in [1.54, 1.807) is 11.8 Å². The van der Waals surface area contributed by atoms with Crippen molar-refractivity contribution < 1.29 is 18.7 Å². The van der Waals surface area contributed by atoms with E-state index in [1.165, 1.54) is 24.3 Å². The molecular formula is C19H18FNO3. The lowest BCUT2D eigenvalue weighted by atomic mass is 10.1. The second-order valence-electron chi connectivity index (χ2n) is 5.94. The zero-order chi connectivity index (χ0) is 17.3. The van der Waals surface area contributed by atoms with Gasteiger partial charge in [-0.1, -0.05) is 18.2 Å². The Labute approximate surface area is 139 Å². The first-order valence-electron chi connectivity index (χ1n) is 7.85. The van der Waals surface area contributed by atoms with Crippen LogP contribution in [0.2, 0.25) is 0 Å². The molecule has 24 heavy (non-hydrogen) atoms. The van der Waals surface area contributed by atoms with Crippen LogP contribution < -0.4 is 4.90 Å². The van der Waals surface area contributed by atoms with Crippen molar-refractivity contribution in [2.75, 3.05) is 4.90 Å². The maximum absolute atomic E-state index is 12.9. The molecule has 1 heterocycles. The van der Waals surface area contributed by atoms with Gasteiger partial charge >= 0.3 is 5.97 Å². The summed E-state index contributed by atoms with van der Waals surface area (Å²) in [6.07, 6.45) is -0.142. The summed E-state index contributed by atoms with van der Waals surface area (Å²) in [5.41, 5.74) is 2.18. The Hall–Kier alpha value is -2.69. The van der Waals surface area contributed by atoms with E-state index in [1.807, 2.05) is 31.2 Å². The fourth-order valence-corrected chi connectivity index (χ4v) is 2.96. The number of carbonyl (C=O) groups is 2. The Morgan fingerprint density at radius 2 is 1.83 bits per heavy atom. The van der Waals surface area contributed by atoms with E-state index in [-0.39, 0.29) is 17.5 Å². The molecule has 2 aromatic carbocycles. The van der Waals surface area contributed by atoms with Crippen LogP contribution in [0.1, 0.15) is 29.8 Å². The van der Waals surface area contributed by atoms with Crippen LogP contribution in [0.15, 0.2) is 48.5 Å². The monoisotopic (exact) mass is 327 g/mol. The predicted octanol–water partition coefficient (Wildman–Crippen LogP) is 3.35. The molecule has 2 atom stereocenters. The lowest BCUT2D eigenvalue weighted by molar-refractivity contribution is -0.126. The average Bonchev–Trinajstić information content (AvgIpc) is 2.90. The first-order chi connectivity index (χ1) is 11.5. The van der Waals surface area contributed by atoms with E-state index in [9.17, 15) is 14.0 Å². The maximum Gasteiger partial charge on any atom is 0.338 e. The molecule has 0 aliphatic carbocycles. The Kier molecular flexibility index (Phi) is 4.34. The summed E-state index contributed by atoms with van der Waals surface area (Å²) >= 11 is 0. The summed E-state index contributed by atoms with van der Waals surface area (Å²) in [6, 6.07) is 12.8. The van der Waals surface area contributed by atoms with Crippen molar-refractivity contribution in [3.63, 3.8) is 0 Å². The summed E-state index contributed by atoms with van der Waals surface area (Å²) in [4.78, 5) is 26.5. The van der Waals surface area contributed by atoms with Crippen molar-refractivity contribution in [3.05, 3.63) is 65.5 Å². The molecule has 124 valence electrons. The van der Waals surface area contributed by atoms with Gasteiger partial charge in [0.15, 0.2) is 6.10 Å². The summed E-state index contributed by atoms with van der Waals surface area (Å²) in [5.74, 6) is -1.34. The van der Waals surface area contributed by atoms with Crippen LogP contribution in [-0.2, 0) is 16.0 Å². The summed E-state index contributed by atoms with van der Waals surface area (Å²) < 4.78 is 18.2. The number of amides is 1. The van der Waals surface area contributed by atoms with Gasteiger partial charge < -0.3 is 9.64 Å².